The van der Waals surface area contributed by atoms with Crippen LogP contribution in [0.2, 0.25) is 5.02 Å². The van der Waals surface area contributed by atoms with Crippen molar-refractivity contribution in [3.63, 3.8) is 0 Å². The van der Waals surface area contributed by atoms with E-state index in [0.717, 1.165) is 11.1 Å². The van der Waals surface area contributed by atoms with E-state index in [1.807, 2.05) is 54.5 Å². The lowest BCUT2D eigenvalue weighted by molar-refractivity contribution is -0.133. The molecule has 2 fully saturated rings. The van der Waals surface area contributed by atoms with Gasteiger partial charge in [-0.15, -0.1) is 0 Å². The minimum absolute atomic E-state index is 0.121. The van der Waals surface area contributed by atoms with E-state index in [1.54, 1.807) is 6.20 Å². The van der Waals surface area contributed by atoms with E-state index in [2.05, 4.69) is 4.98 Å². The summed E-state index contributed by atoms with van der Waals surface area (Å²) in [6.07, 6.45) is 7.32. The number of rotatable bonds is 4. The molecule has 0 bridgehead atoms. The Morgan fingerprint density at radius 1 is 1.17 bits per heavy atom. The van der Waals surface area contributed by atoms with Crippen LogP contribution in [-0.4, -0.2) is 22.8 Å². The normalized spacial score (nSPS) is 25.8. The molecule has 0 aliphatic heterocycles. The molecule has 2 aromatic rings. The number of carbonyl (C=O) groups excluding carboxylic acids is 1. The number of pyridine rings is 1. The topological polar surface area (TPSA) is 33.2 Å². The molecule has 1 amide bonds. The van der Waals surface area contributed by atoms with E-state index in [9.17, 15) is 4.79 Å². The highest BCUT2D eigenvalue weighted by molar-refractivity contribution is 6.30. The molecule has 24 heavy (non-hydrogen) atoms. The van der Waals surface area contributed by atoms with Crippen molar-refractivity contribution < 1.29 is 4.79 Å². The van der Waals surface area contributed by atoms with Gasteiger partial charge in [0.2, 0.25) is 5.91 Å². The van der Waals surface area contributed by atoms with Gasteiger partial charge in [0.1, 0.15) is 0 Å². The molecule has 0 radical (unpaired) electrons. The second-order valence-electron chi connectivity index (χ2n) is 6.97. The third kappa shape index (κ3) is 2.71. The quantitative estimate of drug-likeness (QED) is 0.830. The fourth-order valence-electron chi connectivity index (χ4n) is 4.37. The molecule has 1 aromatic heterocycles. The highest BCUT2D eigenvalue weighted by Crippen LogP contribution is 2.58. The number of hydrogen-bond acceptors (Lipinski definition) is 2. The van der Waals surface area contributed by atoms with Crippen LogP contribution >= 0.6 is 11.6 Å². The summed E-state index contributed by atoms with van der Waals surface area (Å²) in [7, 11) is 1.92. The van der Waals surface area contributed by atoms with Crippen molar-refractivity contribution in [3.05, 3.63) is 64.9 Å². The highest BCUT2D eigenvalue weighted by atomic mass is 35.5. The second kappa shape index (κ2) is 6.21. The van der Waals surface area contributed by atoms with Crippen LogP contribution in [0.4, 0.5) is 0 Å². The van der Waals surface area contributed by atoms with Gasteiger partial charge in [-0.1, -0.05) is 36.2 Å². The molecule has 0 spiro atoms. The average Bonchev–Trinajstić information content (AvgIpc) is 3.08. The van der Waals surface area contributed by atoms with Gasteiger partial charge in [0, 0.05) is 30.4 Å². The molecular formula is C20H21ClN2O. The van der Waals surface area contributed by atoms with E-state index < -0.39 is 0 Å². The zero-order valence-electron chi connectivity index (χ0n) is 13.7. The summed E-state index contributed by atoms with van der Waals surface area (Å²) in [6.45, 7) is 0. The lowest BCUT2D eigenvalue weighted by Gasteiger charge is -2.29. The monoisotopic (exact) mass is 340 g/mol. The van der Waals surface area contributed by atoms with Gasteiger partial charge < -0.3 is 4.90 Å². The molecule has 3 nitrogen and oxygen atoms in total. The number of hydrogen-bond donors (Lipinski definition) is 0. The molecule has 4 rings (SSSR count). The molecule has 0 unspecified atom stereocenters. The van der Waals surface area contributed by atoms with E-state index in [1.165, 1.54) is 19.3 Å². The number of nitrogens with zero attached hydrogens (tertiary/aromatic N) is 2. The van der Waals surface area contributed by atoms with Crippen LogP contribution in [0.3, 0.4) is 0 Å². The molecule has 2 saturated carbocycles. The highest BCUT2D eigenvalue weighted by Gasteiger charge is 2.57. The van der Waals surface area contributed by atoms with Crippen molar-refractivity contribution in [3.8, 4) is 0 Å². The smallest absolute Gasteiger partial charge is 0.226 e. The van der Waals surface area contributed by atoms with Crippen LogP contribution < -0.4 is 0 Å². The standard InChI is InChI=1S/C20H21ClN2O/c1-23(20(24)18-16-5-2-6-17(16)18)19(14-4-3-11-22-12-14)13-7-9-15(21)10-8-13/h3-4,7-12,16-19H,2,5-6H2,1H3/t16-,17-,19+/m1/s1. The van der Waals surface area contributed by atoms with Gasteiger partial charge in [0.05, 0.1) is 6.04 Å². The van der Waals surface area contributed by atoms with Gasteiger partial charge in [0.25, 0.3) is 0 Å². The first kappa shape index (κ1) is 15.6. The zero-order chi connectivity index (χ0) is 16.7. The van der Waals surface area contributed by atoms with Crippen molar-refractivity contribution in [2.24, 2.45) is 17.8 Å². The summed E-state index contributed by atoms with van der Waals surface area (Å²) < 4.78 is 0. The van der Waals surface area contributed by atoms with Gasteiger partial charge in [-0.2, -0.15) is 0 Å². The van der Waals surface area contributed by atoms with E-state index in [-0.39, 0.29) is 17.9 Å². The van der Waals surface area contributed by atoms with E-state index >= 15 is 0 Å². The molecular weight excluding hydrogens is 320 g/mol. The predicted octanol–water partition coefficient (Wildman–Crippen LogP) is 4.33. The Labute approximate surface area is 147 Å². The number of fused-ring (bicyclic) bond motifs is 1. The largest absolute Gasteiger partial charge is 0.334 e. The number of halogens is 1. The molecule has 0 N–H and O–H groups in total. The molecule has 4 heteroatoms. The van der Waals surface area contributed by atoms with Crippen molar-refractivity contribution in [2.75, 3.05) is 7.05 Å². The molecule has 2 aliphatic carbocycles. The van der Waals surface area contributed by atoms with Crippen LogP contribution in [-0.2, 0) is 4.79 Å². The fraction of sp³-hybridized carbons (Fsp3) is 0.400. The first-order valence-corrected chi connectivity index (χ1v) is 8.96. The third-order valence-electron chi connectivity index (χ3n) is 5.61. The lowest BCUT2D eigenvalue weighted by atomic mass is 9.98. The zero-order valence-corrected chi connectivity index (χ0v) is 14.5. The number of carbonyl (C=O) groups is 1. The van der Waals surface area contributed by atoms with Crippen LogP contribution in [0, 0.1) is 17.8 Å². The SMILES string of the molecule is CN(C(=O)C1[C@@H]2CCC[C@@H]12)[C@@H](c1ccc(Cl)cc1)c1cccnc1. The Morgan fingerprint density at radius 2 is 1.88 bits per heavy atom. The third-order valence-corrected chi connectivity index (χ3v) is 5.86. The first-order valence-electron chi connectivity index (χ1n) is 8.59. The number of benzene rings is 1. The Balaban J connectivity index is 1.64. The first-order chi connectivity index (χ1) is 11.7. The Hall–Kier alpha value is -1.87. The maximum Gasteiger partial charge on any atom is 0.226 e. The maximum atomic E-state index is 13.1. The van der Waals surface area contributed by atoms with Crippen LogP contribution in [0.25, 0.3) is 0 Å². The van der Waals surface area contributed by atoms with E-state index in [0.29, 0.717) is 16.9 Å². The van der Waals surface area contributed by atoms with Crippen molar-refractivity contribution in [1.82, 2.24) is 9.88 Å². The van der Waals surface area contributed by atoms with Gasteiger partial charge in [-0.3, -0.25) is 9.78 Å². The molecule has 3 atom stereocenters. The molecule has 2 aliphatic rings. The van der Waals surface area contributed by atoms with E-state index in [4.69, 9.17) is 11.6 Å². The maximum absolute atomic E-state index is 13.1. The molecule has 124 valence electrons. The Kier molecular flexibility index (Phi) is 4.05. The Morgan fingerprint density at radius 3 is 2.50 bits per heavy atom. The number of aromatic nitrogens is 1. The number of amides is 1. The van der Waals surface area contributed by atoms with Crippen molar-refractivity contribution >= 4 is 17.5 Å². The van der Waals surface area contributed by atoms with Gasteiger partial charge in [-0.05, 0) is 54.0 Å². The summed E-state index contributed by atoms with van der Waals surface area (Å²) in [4.78, 5) is 19.2. The molecule has 0 saturated heterocycles. The van der Waals surface area contributed by atoms with Crippen LogP contribution in [0.5, 0.6) is 0 Å². The summed E-state index contributed by atoms with van der Waals surface area (Å²) >= 11 is 6.04. The van der Waals surface area contributed by atoms with Crippen molar-refractivity contribution in [1.29, 1.82) is 0 Å². The predicted molar refractivity (Wildman–Crippen MR) is 94.6 cm³/mol. The van der Waals surface area contributed by atoms with Crippen LogP contribution in [0.1, 0.15) is 36.4 Å². The minimum Gasteiger partial charge on any atom is -0.334 e. The minimum atomic E-state index is -0.121. The summed E-state index contributed by atoms with van der Waals surface area (Å²) in [6, 6.07) is 11.6. The van der Waals surface area contributed by atoms with Gasteiger partial charge >= 0.3 is 0 Å². The Bertz CT molecular complexity index is 721. The summed E-state index contributed by atoms with van der Waals surface area (Å²) in [5.41, 5.74) is 2.09. The van der Waals surface area contributed by atoms with Gasteiger partial charge in [0.15, 0.2) is 0 Å². The molecule has 1 aromatic carbocycles. The van der Waals surface area contributed by atoms with Crippen molar-refractivity contribution in [2.45, 2.75) is 25.3 Å². The summed E-state index contributed by atoms with van der Waals surface area (Å²) in [5.74, 6) is 1.75. The average molecular weight is 341 g/mol. The van der Waals surface area contributed by atoms with Crippen LogP contribution in [0.15, 0.2) is 48.8 Å². The lowest BCUT2D eigenvalue weighted by Crippen LogP contribution is -2.34. The second-order valence-corrected chi connectivity index (χ2v) is 7.41. The summed E-state index contributed by atoms with van der Waals surface area (Å²) in [5, 5.41) is 0.703. The molecule has 1 heterocycles. The van der Waals surface area contributed by atoms with Gasteiger partial charge in [-0.25, -0.2) is 0 Å². The fourth-order valence-corrected chi connectivity index (χ4v) is 4.50.